The van der Waals surface area contributed by atoms with Crippen molar-refractivity contribution in [1.82, 2.24) is 19.9 Å². The van der Waals surface area contributed by atoms with Crippen molar-refractivity contribution in [3.63, 3.8) is 0 Å². The predicted octanol–water partition coefficient (Wildman–Crippen LogP) is 10.7. The average molecular weight is 701 g/mol. The van der Waals surface area contributed by atoms with Crippen molar-refractivity contribution >= 4 is 11.6 Å². The number of aryl methyl sites for hydroxylation is 4. The van der Waals surface area contributed by atoms with Crippen LogP contribution in [0.3, 0.4) is 0 Å². The van der Waals surface area contributed by atoms with E-state index in [0.717, 1.165) is 44.5 Å². The van der Waals surface area contributed by atoms with E-state index in [1.165, 1.54) is 0 Å². The number of carbonyl (C=O) groups excluding carboxylic acids is 2. The fraction of sp³-hybridized carbons (Fsp3) is 0.277. The fourth-order valence-corrected chi connectivity index (χ4v) is 6.77. The minimum Gasteiger partial charge on any atom is -0.297 e. The maximum absolute atomic E-state index is 15.6. The largest absolute Gasteiger partial charge is 0.297 e. The highest BCUT2D eigenvalue weighted by atomic mass is 16.2. The van der Waals surface area contributed by atoms with Crippen LogP contribution in [-0.2, 0) is 15.0 Å². The van der Waals surface area contributed by atoms with E-state index in [9.17, 15) is 0 Å². The SMILES string of the molecule is Cc1cccc(-c2cc(-c3cccc(C)c3)nc(C(C(=O)C(C)(C)C)(C(=O)C(C)(C)C)c3nc(-c4cccc(C)c4)cc(-c4cccc(C)c4)n3)n2)c1. The molecule has 6 aromatic rings. The van der Waals surface area contributed by atoms with Gasteiger partial charge < -0.3 is 0 Å². The van der Waals surface area contributed by atoms with Crippen LogP contribution in [0.5, 0.6) is 0 Å². The Morgan fingerprint density at radius 1 is 0.396 bits per heavy atom. The molecule has 0 amide bonds. The number of aromatic nitrogens is 4. The molecule has 0 saturated carbocycles. The van der Waals surface area contributed by atoms with Gasteiger partial charge in [-0.2, -0.15) is 0 Å². The minimum absolute atomic E-state index is 0.0597. The quantitative estimate of drug-likeness (QED) is 0.147. The molecule has 6 nitrogen and oxygen atoms in total. The van der Waals surface area contributed by atoms with Gasteiger partial charge in [0.1, 0.15) is 0 Å². The summed E-state index contributed by atoms with van der Waals surface area (Å²) in [5, 5.41) is 0. The van der Waals surface area contributed by atoms with Crippen LogP contribution < -0.4 is 0 Å². The summed E-state index contributed by atoms with van der Waals surface area (Å²) in [5.41, 5.74) is 5.83. The van der Waals surface area contributed by atoms with E-state index in [2.05, 4.69) is 24.3 Å². The second-order valence-corrected chi connectivity index (χ2v) is 16.3. The molecule has 268 valence electrons. The summed E-state index contributed by atoms with van der Waals surface area (Å²) < 4.78 is 0. The first-order chi connectivity index (χ1) is 25.0. The van der Waals surface area contributed by atoms with Gasteiger partial charge in [0.2, 0.25) is 5.41 Å². The number of benzene rings is 4. The Hall–Kier alpha value is -5.62. The highest BCUT2D eigenvalue weighted by Gasteiger charge is 2.60. The number of ketones is 2. The Balaban J connectivity index is 1.82. The molecule has 6 rings (SSSR count). The first kappa shape index (κ1) is 37.1. The first-order valence-corrected chi connectivity index (χ1v) is 18.1. The van der Waals surface area contributed by atoms with Crippen molar-refractivity contribution < 1.29 is 9.59 Å². The minimum atomic E-state index is -2.09. The van der Waals surface area contributed by atoms with Crippen molar-refractivity contribution in [1.29, 1.82) is 0 Å². The fourth-order valence-electron chi connectivity index (χ4n) is 6.77. The second kappa shape index (κ2) is 14.1. The molecule has 0 bridgehead atoms. The van der Waals surface area contributed by atoms with Gasteiger partial charge in [0, 0.05) is 33.1 Å². The van der Waals surface area contributed by atoms with Crippen LogP contribution in [0.15, 0.2) is 109 Å². The van der Waals surface area contributed by atoms with E-state index in [-0.39, 0.29) is 23.2 Å². The summed E-state index contributed by atoms with van der Waals surface area (Å²) in [6.07, 6.45) is 0. The Morgan fingerprint density at radius 2 is 0.642 bits per heavy atom. The molecule has 4 aromatic carbocycles. The molecule has 0 aliphatic heterocycles. The average Bonchev–Trinajstić information content (AvgIpc) is 3.11. The smallest absolute Gasteiger partial charge is 0.207 e. The Morgan fingerprint density at radius 3 is 0.849 bits per heavy atom. The normalized spacial score (nSPS) is 12.1. The number of rotatable bonds is 8. The van der Waals surface area contributed by atoms with Gasteiger partial charge in [0.25, 0.3) is 0 Å². The molecule has 53 heavy (non-hydrogen) atoms. The summed E-state index contributed by atoms with van der Waals surface area (Å²) in [6.45, 7) is 19.1. The Bertz CT molecular complexity index is 2070. The lowest BCUT2D eigenvalue weighted by Crippen LogP contribution is -2.55. The van der Waals surface area contributed by atoms with Crippen LogP contribution in [0.4, 0.5) is 0 Å². The van der Waals surface area contributed by atoms with Gasteiger partial charge in [0.05, 0.1) is 22.8 Å². The number of hydrogen-bond donors (Lipinski definition) is 0. The van der Waals surface area contributed by atoms with E-state index in [4.69, 9.17) is 19.9 Å². The molecule has 0 aliphatic carbocycles. The van der Waals surface area contributed by atoms with E-state index < -0.39 is 16.2 Å². The lowest BCUT2D eigenvalue weighted by molar-refractivity contribution is -0.143. The van der Waals surface area contributed by atoms with Crippen LogP contribution >= 0.6 is 0 Å². The van der Waals surface area contributed by atoms with Gasteiger partial charge in [-0.25, -0.2) is 19.9 Å². The summed E-state index contributed by atoms with van der Waals surface area (Å²) in [6, 6.07) is 36.1. The molecule has 6 heteroatoms. The summed E-state index contributed by atoms with van der Waals surface area (Å²) >= 11 is 0. The number of carbonyl (C=O) groups is 2. The van der Waals surface area contributed by atoms with Gasteiger partial charge in [-0.1, -0.05) is 137 Å². The monoisotopic (exact) mass is 700 g/mol. The molecule has 2 heterocycles. The predicted molar refractivity (Wildman–Crippen MR) is 214 cm³/mol. The van der Waals surface area contributed by atoms with E-state index in [1.54, 1.807) is 0 Å². The van der Waals surface area contributed by atoms with Crippen molar-refractivity contribution in [2.45, 2.75) is 74.7 Å². The molecule has 0 unspecified atom stereocenters. The maximum atomic E-state index is 15.6. The topological polar surface area (TPSA) is 85.7 Å². The second-order valence-electron chi connectivity index (χ2n) is 16.3. The van der Waals surface area contributed by atoms with Crippen LogP contribution in [-0.4, -0.2) is 31.5 Å². The zero-order valence-corrected chi connectivity index (χ0v) is 32.5. The lowest BCUT2D eigenvalue weighted by atomic mass is 9.63. The van der Waals surface area contributed by atoms with Crippen molar-refractivity contribution in [3.8, 4) is 45.0 Å². The molecule has 0 radical (unpaired) electrons. The molecule has 0 fully saturated rings. The molecule has 2 aromatic heterocycles. The maximum Gasteiger partial charge on any atom is 0.207 e. The summed E-state index contributed by atoms with van der Waals surface area (Å²) in [5.74, 6) is -0.634. The van der Waals surface area contributed by atoms with Crippen LogP contribution in [0.2, 0.25) is 0 Å². The third-order valence-electron chi connectivity index (χ3n) is 9.42. The van der Waals surface area contributed by atoms with Crippen molar-refractivity contribution in [2.24, 2.45) is 10.8 Å². The summed E-state index contributed by atoms with van der Waals surface area (Å²) in [7, 11) is 0. The molecular weight excluding hydrogens is 653 g/mol. The highest BCUT2D eigenvalue weighted by molar-refractivity contribution is 6.18. The van der Waals surface area contributed by atoms with Gasteiger partial charge in [-0.3, -0.25) is 9.59 Å². The third-order valence-corrected chi connectivity index (χ3v) is 9.42. The molecule has 0 saturated heterocycles. The van der Waals surface area contributed by atoms with Gasteiger partial charge in [-0.15, -0.1) is 0 Å². The Kier molecular flexibility index (Phi) is 9.86. The highest BCUT2D eigenvalue weighted by Crippen LogP contribution is 2.44. The molecule has 0 atom stereocenters. The Labute approximate surface area is 313 Å². The van der Waals surface area contributed by atoms with E-state index >= 15 is 9.59 Å². The van der Waals surface area contributed by atoms with E-state index in [0.29, 0.717) is 22.8 Å². The lowest BCUT2D eigenvalue weighted by Gasteiger charge is -2.38. The standard InChI is InChI=1S/C47H48N4O2/c1-29-15-11-19-33(23-29)37-27-38(34-20-12-16-30(2)24-34)49-43(48-37)47(41(52)45(5,6)7,42(53)46(8,9)10)44-50-39(35-21-13-17-31(3)25-35)28-40(51-44)36-22-14-18-32(4)26-36/h11-28H,1-10H3. The van der Waals surface area contributed by atoms with Crippen molar-refractivity contribution in [3.05, 3.63) is 143 Å². The van der Waals surface area contributed by atoms with E-state index in [1.807, 2.05) is 154 Å². The van der Waals surface area contributed by atoms with Crippen LogP contribution in [0.25, 0.3) is 45.0 Å². The molecule has 0 N–H and O–H groups in total. The van der Waals surface area contributed by atoms with Gasteiger partial charge in [-0.05, 0) is 64.1 Å². The molecular formula is C47H48N4O2. The number of Topliss-reactive ketones (excluding diaryl/α,β-unsaturated/α-hetero) is 2. The van der Waals surface area contributed by atoms with Crippen LogP contribution in [0.1, 0.15) is 75.4 Å². The molecule has 0 aliphatic rings. The third kappa shape index (κ3) is 7.50. The van der Waals surface area contributed by atoms with Gasteiger partial charge >= 0.3 is 0 Å². The zero-order chi connectivity index (χ0) is 38.3. The number of nitrogens with zero attached hydrogens (tertiary/aromatic N) is 4. The zero-order valence-electron chi connectivity index (χ0n) is 32.5. The van der Waals surface area contributed by atoms with Gasteiger partial charge in [0.15, 0.2) is 23.2 Å². The summed E-state index contributed by atoms with van der Waals surface area (Å²) in [4.78, 5) is 52.0. The first-order valence-electron chi connectivity index (χ1n) is 18.1. The number of hydrogen-bond acceptors (Lipinski definition) is 6. The molecule has 0 spiro atoms. The van der Waals surface area contributed by atoms with Crippen LogP contribution in [0, 0.1) is 38.5 Å². The van der Waals surface area contributed by atoms with Crippen molar-refractivity contribution in [2.75, 3.05) is 0 Å².